The molecule has 1 aliphatic rings. The minimum atomic E-state index is -0.776. The first kappa shape index (κ1) is 23.1. The molecule has 0 spiro atoms. The standard InChI is InChI=1S/C25H22ClF3N2O2/c26-22-13-20(27)5-4-19(22)15-30-8-10-31(11-9-30)25(32)18-3-1-2-17(12-18)16-33-24-7-6-21(28)14-23(24)29/h1-7,12-14H,8-11,15-16H2. The molecular weight excluding hydrogens is 453 g/mol. The summed E-state index contributed by atoms with van der Waals surface area (Å²) in [6.45, 7) is 3.10. The molecule has 0 aliphatic carbocycles. The quantitative estimate of drug-likeness (QED) is 0.486. The summed E-state index contributed by atoms with van der Waals surface area (Å²) < 4.78 is 45.5. The van der Waals surface area contributed by atoms with E-state index in [1.807, 2.05) is 0 Å². The van der Waals surface area contributed by atoms with Gasteiger partial charge in [0.25, 0.3) is 5.91 Å². The van der Waals surface area contributed by atoms with Gasteiger partial charge in [-0.05, 0) is 47.5 Å². The van der Waals surface area contributed by atoms with E-state index in [9.17, 15) is 18.0 Å². The summed E-state index contributed by atoms with van der Waals surface area (Å²) in [4.78, 5) is 16.9. The van der Waals surface area contributed by atoms with Gasteiger partial charge in [0.1, 0.15) is 18.2 Å². The molecule has 1 heterocycles. The van der Waals surface area contributed by atoms with Crippen LogP contribution >= 0.6 is 11.6 Å². The number of ether oxygens (including phenoxy) is 1. The molecule has 1 saturated heterocycles. The highest BCUT2D eigenvalue weighted by molar-refractivity contribution is 6.31. The van der Waals surface area contributed by atoms with Crippen molar-refractivity contribution in [1.82, 2.24) is 9.80 Å². The van der Waals surface area contributed by atoms with Gasteiger partial charge in [-0.3, -0.25) is 9.69 Å². The van der Waals surface area contributed by atoms with Crippen molar-refractivity contribution in [2.45, 2.75) is 13.2 Å². The van der Waals surface area contributed by atoms with Gasteiger partial charge in [-0.2, -0.15) is 0 Å². The molecule has 1 aliphatic heterocycles. The topological polar surface area (TPSA) is 32.8 Å². The van der Waals surface area contributed by atoms with Gasteiger partial charge in [-0.15, -0.1) is 0 Å². The van der Waals surface area contributed by atoms with Gasteiger partial charge in [-0.25, -0.2) is 13.2 Å². The minimum absolute atomic E-state index is 0.0505. The normalized spacial score (nSPS) is 14.4. The smallest absolute Gasteiger partial charge is 0.253 e. The fourth-order valence-electron chi connectivity index (χ4n) is 3.73. The van der Waals surface area contributed by atoms with Crippen molar-refractivity contribution in [2.24, 2.45) is 0 Å². The van der Waals surface area contributed by atoms with Gasteiger partial charge < -0.3 is 9.64 Å². The van der Waals surface area contributed by atoms with E-state index in [0.29, 0.717) is 48.9 Å². The largest absolute Gasteiger partial charge is 0.486 e. The van der Waals surface area contributed by atoms with Crippen LogP contribution < -0.4 is 4.74 Å². The summed E-state index contributed by atoms with van der Waals surface area (Å²) in [6.07, 6.45) is 0. The highest BCUT2D eigenvalue weighted by atomic mass is 35.5. The fraction of sp³-hybridized carbons (Fsp3) is 0.240. The lowest BCUT2D eigenvalue weighted by atomic mass is 10.1. The summed E-state index contributed by atoms with van der Waals surface area (Å²) in [5.41, 5.74) is 2.07. The van der Waals surface area contributed by atoms with Gasteiger partial charge in [0.15, 0.2) is 11.6 Å². The second-order valence-corrected chi connectivity index (χ2v) is 8.28. The van der Waals surface area contributed by atoms with E-state index in [0.717, 1.165) is 17.7 Å². The third-order valence-electron chi connectivity index (χ3n) is 5.53. The van der Waals surface area contributed by atoms with Gasteiger partial charge in [0.2, 0.25) is 0 Å². The molecule has 0 N–H and O–H groups in total. The van der Waals surface area contributed by atoms with Crippen molar-refractivity contribution in [1.29, 1.82) is 0 Å². The van der Waals surface area contributed by atoms with Crippen molar-refractivity contribution in [3.8, 4) is 5.75 Å². The summed E-state index contributed by atoms with van der Waals surface area (Å²) in [6, 6.07) is 14.5. The first-order chi connectivity index (χ1) is 15.9. The predicted molar refractivity (Wildman–Crippen MR) is 120 cm³/mol. The molecule has 0 unspecified atom stereocenters. The van der Waals surface area contributed by atoms with E-state index < -0.39 is 11.6 Å². The van der Waals surface area contributed by atoms with E-state index >= 15 is 0 Å². The van der Waals surface area contributed by atoms with Crippen LogP contribution in [0.15, 0.2) is 60.7 Å². The van der Waals surface area contributed by atoms with Crippen LogP contribution in [0.1, 0.15) is 21.5 Å². The van der Waals surface area contributed by atoms with E-state index in [-0.39, 0.29) is 24.1 Å². The maximum Gasteiger partial charge on any atom is 0.253 e. The third-order valence-corrected chi connectivity index (χ3v) is 5.88. The zero-order valence-corrected chi connectivity index (χ0v) is 18.5. The molecule has 8 heteroatoms. The second-order valence-electron chi connectivity index (χ2n) is 7.87. The summed E-state index contributed by atoms with van der Waals surface area (Å²) in [5.74, 6) is -1.96. The van der Waals surface area contributed by atoms with E-state index in [2.05, 4.69) is 4.90 Å². The number of benzene rings is 3. The maximum absolute atomic E-state index is 13.8. The molecule has 33 heavy (non-hydrogen) atoms. The molecule has 4 nitrogen and oxygen atoms in total. The van der Waals surface area contributed by atoms with Gasteiger partial charge in [0, 0.05) is 49.4 Å². The van der Waals surface area contributed by atoms with Crippen LogP contribution in [0.25, 0.3) is 0 Å². The van der Waals surface area contributed by atoms with E-state index in [1.54, 1.807) is 35.2 Å². The SMILES string of the molecule is O=C(c1cccc(COc2ccc(F)cc2F)c1)N1CCN(Cc2ccc(F)cc2Cl)CC1. The lowest BCUT2D eigenvalue weighted by molar-refractivity contribution is 0.0628. The number of piperazine rings is 1. The lowest BCUT2D eigenvalue weighted by Crippen LogP contribution is -2.48. The first-order valence-electron chi connectivity index (χ1n) is 10.5. The molecule has 0 aromatic heterocycles. The summed E-state index contributed by atoms with van der Waals surface area (Å²) >= 11 is 6.12. The van der Waals surface area contributed by atoms with Gasteiger partial charge >= 0.3 is 0 Å². The molecule has 4 rings (SSSR count). The monoisotopic (exact) mass is 474 g/mol. The van der Waals surface area contributed by atoms with Crippen molar-refractivity contribution in [3.05, 3.63) is 99.8 Å². The Morgan fingerprint density at radius 3 is 2.36 bits per heavy atom. The van der Waals surface area contributed by atoms with Crippen LogP contribution in [-0.2, 0) is 13.2 Å². The molecule has 3 aromatic rings. The highest BCUT2D eigenvalue weighted by Gasteiger charge is 2.23. The molecule has 172 valence electrons. The zero-order valence-electron chi connectivity index (χ0n) is 17.7. The average Bonchev–Trinajstić information content (AvgIpc) is 2.80. The number of hydrogen-bond donors (Lipinski definition) is 0. The van der Waals surface area contributed by atoms with Gasteiger partial charge in [-0.1, -0.05) is 29.8 Å². The molecular formula is C25H22ClF3N2O2. The highest BCUT2D eigenvalue weighted by Crippen LogP contribution is 2.21. The van der Waals surface area contributed by atoms with Crippen LogP contribution in [0.4, 0.5) is 13.2 Å². The number of hydrogen-bond acceptors (Lipinski definition) is 3. The Kier molecular flexibility index (Phi) is 7.20. The number of nitrogens with zero attached hydrogens (tertiary/aromatic N) is 2. The van der Waals surface area contributed by atoms with Crippen molar-refractivity contribution in [2.75, 3.05) is 26.2 Å². The Morgan fingerprint density at radius 2 is 1.64 bits per heavy atom. The second kappa shape index (κ2) is 10.3. The fourth-order valence-corrected chi connectivity index (χ4v) is 3.96. The van der Waals surface area contributed by atoms with E-state index in [1.165, 1.54) is 18.2 Å². The Morgan fingerprint density at radius 1 is 0.909 bits per heavy atom. The number of carbonyl (C=O) groups is 1. The summed E-state index contributed by atoms with van der Waals surface area (Å²) in [5, 5.41) is 0.396. The number of rotatable bonds is 6. The Hall–Kier alpha value is -3.03. The van der Waals surface area contributed by atoms with Gasteiger partial charge in [0.05, 0.1) is 0 Å². The van der Waals surface area contributed by atoms with Crippen LogP contribution in [-0.4, -0.2) is 41.9 Å². The molecule has 0 atom stereocenters. The first-order valence-corrected chi connectivity index (χ1v) is 10.9. The van der Waals surface area contributed by atoms with Crippen LogP contribution in [0.2, 0.25) is 5.02 Å². The Labute approximate surface area is 195 Å². The van der Waals surface area contributed by atoms with Crippen LogP contribution in [0.3, 0.4) is 0 Å². The molecule has 0 saturated carbocycles. The molecule has 0 radical (unpaired) electrons. The maximum atomic E-state index is 13.8. The lowest BCUT2D eigenvalue weighted by Gasteiger charge is -2.35. The molecule has 3 aromatic carbocycles. The predicted octanol–water partition coefficient (Wildman–Crippen LogP) is 5.29. The Bertz CT molecular complexity index is 1150. The number of halogens is 4. The number of amides is 1. The zero-order chi connectivity index (χ0) is 23.4. The number of carbonyl (C=O) groups excluding carboxylic acids is 1. The van der Waals surface area contributed by atoms with Crippen molar-refractivity contribution < 1.29 is 22.7 Å². The summed E-state index contributed by atoms with van der Waals surface area (Å²) in [7, 11) is 0. The van der Waals surface area contributed by atoms with Crippen LogP contribution in [0.5, 0.6) is 5.75 Å². The minimum Gasteiger partial charge on any atom is -0.486 e. The molecule has 1 fully saturated rings. The van der Waals surface area contributed by atoms with Crippen LogP contribution in [0, 0.1) is 17.5 Å². The van der Waals surface area contributed by atoms with E-state index in [4.69, 9.17) is 16.3 Å². The van der Waals surface area contributed by atoms with Crippen molar-refractivity contribution >= 4 is 17.5 Å². The molecule has 1 amide bonds. The third kappa shape index (κ3) is 5.86. The van der Waals surface area contributed by atoms with Crippen molar-refractivity contribution in [3.63, 3.8) is 0 Å². The Balaban J connectivity index is 1.33. The molecule has 0 bridgehead atoms. The average molecular weight is 475 g/mol.